The van der Waals surface area contributed by atoms with Crippen LogP contribution in [0.5, 0.6) is 0 Å². The first-order chi connectivity index (χ1) is 7.66. The SMILES string of the molecule is Fc1cc(NCc2cncs2)cc(F)c1F. The van der Waals surface area contributed by atoms with Crippen molar-refractivity contribution in [1.29, 1.82) is 0 Å². The molecule has 1 N–H and O–H groups in total. The highest BCUT2D eigenvalue weighted by molar-refractivity contribution is 7.09. The van der Waals surface area contributed by atoms with Gasteiger partial charge in [-0.2, -0.15) is 0 Å². The molecule has 1 aromatic carbocycles. The van der Waals surface area contributed by atoms with Crippen LogP contribution in [0.2, 0.25) is 0 Å². The summed E-state index contributed by atoms with van der Waals surface area (Å²) in [6.45, 7) is 0.398. The minimum Gasteiger partial charge on any atom is -0.380 e. The average Bonchev–Trinajstić information content (AvgIpc) is 2.75. The van der Waals surface area contributed by atoms with Crippen molar-refractivity contribution in [3.8, 4) is 0 Å². The number of hydrogen-bond donors (Lipinski definition) is 1. The lowest BCUT2D eigenvalue weighted by Gasteiger charge is -2.05. The molecule has 0 atom stereocenters. The summed E-state index contributed by atoms with van der Waals surface area (Å²) in [5.74, 6) is -3.86. The summed E-state index contributed by atoms with van der Waals surface area (Å²) in [5.41, 5.74) is 1.85. The van der Waals surface area contributed by atoms with Crippen molar-refractivity contribution in [2.24, 2.45) is 0 Å². The first-order valence-corrected chi connectivity index (χ1v) is 5.30. The van der Waals surface area contributed by atoms with Crippen LogP contribution in [0.3, 0.4) is 0 Å². The van der Waals surface area contributed by atoms with Crippen molar-refractivity contribution in [2.45, 2.75) is 6.54 Å². The van der Waals surface area contributed by atoms with E-state index < -0.39 is 17.5 Å². The zero-order chi connectivity index (χ0) is 11.5. The van der Waals surface area contributed by atoms with E-state index in [0.717, 1.165) is 17.0 Å². The van der Waals surface area contributed by atoms with Crippen LogP contribution in [0, 0.1) is 17.5 Å². The van der Waals surface area contributed by atoms with Crippen molar-refractivity contribution < 1.29 is 13.2 Å². The van der Waals surface area contributed by atoms with Gasteiger partial charge >= 0.3 is 0 Å². The van der Waals surface area contributed by atoms with E-state index in [1.807, 2.05) is 0 Å². The summed E-state index contributed by atoms with van der Waals surface area (Å²) in [5, 5.41) is 2.78. The Hall–Kier alpha value is -1.56. The van der Waals surface area contributed by atoms with Crippen LogP contribution in [-0.2, 0) is 6.54 Å². The van der Waals surface area contributed by atoms with E-state index in [9.17, 15) is 13.2 Å². The van der Waals surface area contributed by atoms with E-state index in [-0.39, 0.29) is 5.69 Å². The van der Waals surface area contributed by atoms with Crippen molar-refractivity contribution >= 4 is 17.0 Å². The summed E-state index contributed by atoms with van der Waals surface area (Å²) in [6, 6.07) is 1.83. The van der Waals surface area contributed by atoms with E-state index in [0.29, 0.717) is 6.54 Å². The van der Waals surface area contributed by atoms with Gasteiger partial charge in [0, 0.05) is 28.9 Å². The first-order valence-electron chi connectivity index (χ1n) is 4.42. The molecule has 0 amide bonds. The molecule has 0 aliphatic heterocycles. The zero-order valence-electron chi connectivity index (χ0n) is 8.01. The fraction of sp³-hybridized carbons (Fsp3) is 0.100. The minimum absolute atomic E-state index is 0.199. The summed E-state index contributed by atoms with van der Waals surface area (Å²) in [6.07, 6.45) is 1.65. The molecule has 0 aliphatic carbocycles. The van der Waals surface area contributed by atoms with Gasteiger partial charge in [0.05, 0.1) is 12.1 Å². The van der Waals surface area contributed by atoms with Gasteiger partial charge in [-0.25, -0.2) is 13.2 Å². The van der Waals surface area contributed by atoms with Crippen LogP contribution in [-0.4, -0.2) is 4.98 Å². The number of aromatic nitrogens is 1. The number of anilines is 1. The van der Waals surface area contributed by atoms with E-state index in [2.05, 4.69) is 10.3 Å². The Bertz CT molecular complexity index is 462. The van der Waals surface area contributed by atoms with Gasteiger partial charge in [0.1, 0.15) is 0 Å². The number of thiazole rings is 1. The molecule has 16 heavy (non-hydrogen) atoms. The highest BCUT2D eigenvalue weighted by Crippen LogP contribution is 2.18. The topological polar surface area (TPSA) is 24.9 Å². The van der Waals surface area contributed by atoms with E-state index in [1.54, 1.807) is 11.7 Å². The molecular formula is C10H7F3N2S. The predicted octanol–water partition coefficient (Wildman–Crippen LogP) is 3.17. The van der Waals surface area contributed by atoms with Gasteiger partial charge in [0.15, 0.2) is 17.5 Å². The molecular weight excluding hydrogens is 237 g/mol. The van der Waals surface area contributed by atoms with Crippen LogP contribution in [0.25, 0.3) is 0 Å². The fourth-order valence-corrected chi connectivity index (χ4v) is 1.71. The molecule has 84 valence electrons. The summed E-state index contributed by atoms with van der Waals surface area (Å²) < 4.78 is 38.3. The largest absolute Gasteiger partial charge is 0.380 e. The lowest BCUT2D eigenvalue weighted by atomic mass is 10.3. The predicted molar refractivity (Wildman–Crippen MR) is 55.8 cm³/mol. The van der Waals surface area contributed by atoms with Gasteiger partial charge < -0.3 is 5.32 Å². The Labute approximate surface area is 93.8 Å². The van der Waals surface area contributed by atoms with Crippen molar-refractivity contribution in [3.05, 3.63) is 46.2 Å². The minimum atomic E-state index is -1.46. The lowest BCUT2D eigenvalue weighted by Crippen LogP contribution is -2.00. The highest BCUT2D eigenvalue weighted by atomic mass is 32.1. The number of halogens is 3. The van der Waals surface area contributed by atoms with Gasteiger partial charge in [-0.1, -0.05) is 0 Å². The van der Waals surface area contributed by atoms with Crippen molar-refractivity contribution in [1.82, 2.24) is 4.98 Å². The molecule has 2 nitrogen and oxygen atoms in total. The van der Waals surface area contributed by atoms with E-state index >= 15 is 0 Å². The third-order valence-electron chi connectivity index (χ3n) is 1.93. The maximum Gasteiger partial charge on any atom is 0.194 e. The van der Waals surface area contributed by atoms with Crippen molar-refractivity contribution in [3.63, 3.8) is 0 Å². The Morgan fingerprint density at radius 2 is 1.88 bits per heavy atom. The quantitative estimate of drug-likeness (QED) is 0.839. The Kier molecular flexibility index (Phi) is 3.09. The Morgan fingerprint density at radius 3 is 2.44 bits per heavy atom. The van der Waals surface area contributed by atoms with Crippen LogP contribution < -0.4 is 5.32 Å². The maximum absolute atomic E-state index is 12.8. The van der Waals surface area contributed by atoms with Crippen molar-refractivity contribution in [2.75, 3.05) is 5.32 Å². The maximum atomic E-state index is 12.8. The molecule has 0 unspecified atom stereocenters. The molecule has 2 aromatic rings. The second-order valence-corrected chi connectivity index (χ2v) is 4.05. The van der Waals surface area contributed by atoms with E-state index in [1.165, 1.54) is 11.3 Å². The molecule has 0 fully saturated rings. The van der Waals surface area contributed by atoms with Crippen LogP contribution >= 0.6 is 11.3 Å². The second-order valence-electron chi connectivity index (χ2n) is 3.08. The molecule has 6 heteroatoms. The molecule has 0 bridgehead atoms. The van der Waals surface area contributed by atoms with Crippen LogP contribution in [0.4, 0.5) is 18.9 Å². The summed E-state index contributed by atoms with van der Waals surface area (Å²) in [4.78, 5) is 4.78. The Morgan fingerprint density at radius 1 is 1.19 bits per heavy atom. The number of nitrogens with one attached hydrogen (secondary N) is 1. The van der Waals surface area contributed by atoms with Gasteiger partial charge in [-0.05, 0) is 0 Å². The monoisotopic (exact) mass is 244 g/mol. The third kappa shape index (κ3) is 2.33. The van der Waals surface area contributed by atoms with Gasteiger partial charge in [0.2, 0.25) is 0 Å². The van der Waals surface area contributed by atoms with E-state index in [4.69, 9.17) is 0 Å². The third-order valence-corrected chi connectivity index (χ3v) is 2.71. The van der Waals surface area contributed by atoms with Crippen LogP contribution in [0.1, 0.15) is 4.88 Å². The number of hydrogen-bond acceptors (Lipinski definition) is 3. The molecule has 0 spiro atoms. The fourth-order valence-electron chi connectivity index (χ4n) is 1.18. The second kappa shape index (κ2) is 4.52. The molecule has 1 aromatic heterocycles. The normalized spacial score (nSPS) is 10.4. The van der Waals surface area contributed by atoms with Gasteiger partial charge in [-0.3, -0.25) is 4.98 Å². The zero-order valence-corrected chi connectivity index (χ0v) is 8.82. The van der Waals surface area contributed by atoms with Gasteiger partial charge in [-0.15, -0.1) is 11.3 Å². The lowest BCUT2D eigenvalue weighted by molar-refractivity contribution is 0.447. The number of rotatable bonds is 3. The molecule has 0 radical (unpaired) electrons. The standard InChI is InChI=1S/C10H7F3N2S/c11-8-1-6(2-9(12)10(8)13)15-4-7-3-14-5-16-7/h1-3,5,15H,4H2. The van der Waals surface area contributed by atoms with Gasteiger partial charge in [0.25, 0.3) is 0 Å². The van der Waals surface area contributed by atoms with Crippen LogP contribution in [0.15, 0.2) is 23.8 Å². The molecule has 0 saturated carbocycles. The Balaban J connectivity index is 2.10. The summed E-state index contributed by atoms with van der Waals surface area (Å²) >= 11 is 1.42. The number of benzene rings is 1. The molecule has 0 aliphatic rings. The molecule has 1 heterocycles. The highest BCUT2D eigenvalue weighted by Gasteiger charge is 2.10. The smallest absolute Gasteiger partial charge is 0.194 e. The number of nitrogens with zero attached hydrogens (tertiary/aromatic N) is 1. The summed E-state index contributed by atoms with van der Waals surface area (Å²) in [7, 11) is 0. The molecule has 0 saturated heterocycles. The first kappa shape index (κ1) is 10.9. The average molecular weight is 244 g/mol. The molecule has 2 rings (SSSR count).